The highest BCUT2D eigenvalue weighted by atomic mass is 79.9. The van der Waals surface area contributed by atoms with Gasteiger partial charge in [-0.15, -0.1) is 0 Å². The predicted octanol–water partition coefficient (Wildman–Crippen LogP) is 6.76. The molecule has 0 saturated carbocycles. The molecule has 2 aromatic rings. The van der Waals surface area contributed by atoms with Gasteiger partial charge in [0.25, 0.3) is 0 Å². The van der Waals surface area contributed by atoms with Crippen LogP contribution in [0.1, 0.15) is 50.2 Å². The number of hydrogen-bond acceptors (Lipinski definition) is 0. The van der Waals surface area contributed by atoms with Crippen molar-refractivity contribution in [3.63, 3.8) is 0 Å². The van der Waals surface area contributed by atoms with Crippen molar-refractivity contribution in [2.75, 3.05) is 0 Å². The standard InChI is InChI=1S/C20H25Br/c1-2-3-4-5-6-7-17-8-12-19(13-9-17)20-14-10-18(16-21)11-15-20/h8-15H,2-7,16H2,1H3. The lowest BCUT2D eigenvalue weighted by molar-refractivity contribution is 0.632. The molecule has 0 nitrogen and oxygen atoms in total. The summed E-state index contributed by atoms with van der Waals surface area (Å²) in [4.78, 5) is 0. The van der Waals surface area contributed by atoms with Gasteiger partial charge in [0.05, 0.1) is 0 Å². The molecule has 2 rings (SSSR count). The van der Waals surface area contributed by atoms with Crippen LogP contribution in [0.15, 0.2) is 48.5 Å². The maximum Gasteiger partial charge on any atom is 0.0283 e. The van der Waals surface area contributed by atoms with E-state index in [1.165, 1.54) is 60.8 Å². The Kier molecular flexibility index (Phi) is 7.02. The highest BCUT2D eigenvalue weighted by Gasteiger charge is 1.99. The minimum atomic E-state index is 0.921. The Morgan fingerprint density at radius 1 is 0.667 bits per heavy atom. The molecule has 2 aromatic carbocycles. The van der Waals surface area contributed by atoms with Gasteiger partial charge >= 0.3 is 0 Å². The first kappa shape index (κ1) is 16.3. The van der Waals surface area contributed by atoms with E-state index in [0.29, 0.717) is 0 Å². The second kappa shape index (κ2) is 9.04. The number of alkyl halides is 1. The van der Waals surface area contributed by atoms with Crippen LogP contribution < -0.4 is 0 Å². The number of unbranched alkanes of at least 4 members (excludes halogenated alkanes) is 4. The van der Waals surface area contributed by atoms with Gasteiger partial charge in [-0.1, -0.05) is 97.1 Å². The van der Waals surface area contributed by atoms with Crippen molar-refractivity contribution in [3.05, 3.63) is 59.7 Å². The Morgan fingerprint density at radius 3 is 1.71 bits per heavy atom. The van der Waals surface area contributed by atoms with Gasteiger partial charge in [0.1, 0.15) is 0 Å². The number of hydrogen-bond donors (Lipinski definition) is 0. The van der Waals surface area contributed by atoms with E-state index in [4.69, 9.17) is 0 Å². The van der Waals surface area contributed by atoms with Gasteiger partial charge in [-0.05, 0) is 35.1 Å². The van der Waals surface area contributed by atoms with E-state index in [9.17, 15) is 0 Å². The zero-order valence-corrected chi connectivity index (χ0v) is 14.5. The molecular weight excluding hydrogens is 320 g/mol. The van der Waals surface area contributed by atoms with E-state index in [-0.39, 0.29) is 0 Å². The van der Waals surface area contributed by atoms with Crippen LogP contribution in [-0.4, -0.2) is 0 Å². The van der Waals surface area contributed by atoms with Gasteiger partial charge in [-0.25, -0.2) is 0 Å². The topological polar surface area (TPSA) is 0 Å². The quantitative estimate of drug-likeness (QED) is 0.366. The van der Waals surface area contributed by atoms with E-state index < -0.39 is 0 Å². The summed E-state index contributed by atoms with van der Waals surface area (Å²) in [5.74, 6) is 0. The Hall–Kier alpha value is -1.08. The highest BCUT2D eigenvalue weighted by Crippen LogP contribution is 2.21. The Balaban J connectivity index is 1.88. The normalized spacial score (nSPS) is 10.8. The molecule has 0 aliphatic heterocycles. The van der Waals surface area contributed by atoms with Gasteiger partial charge in [0.15, 0.2) is 0 Å². The third kappa shape index (κ3) is 5.32. The smallest absolute Gasteiger partial charge is 0.0283 e. The van der Waals surface area contributed by atoms with Crippen molar-refractivity contribution in [2.45, 2.75) is 50.8 Å². The summed E-state index contributed by atoms with van der Waals surface area (Å²) in [6, 6.07) is 17.9. The molecule has 0 bridgehead atoms. The van der Waals surface area contributed by atoms with Crippen LogP contribution >= 0.6 is 15.9 Å². The summed E-state index contributed by atoms with van der Waals surface area (Å²) in [5, 5.41) is 0.921. The summed E-state index contributed by atoms with van der Waals surface area (Å²) < 4.78 is 0. The summed E-state index contributed by atoms with van der Waals surface area (Å²) in [7, 11) is 0. The number of aryl methyl sites for hydroxylation is 1. The molecular formula is C20H25Br. The lowest BCUT2D eigenvalue weighted by Gasteiger charge is -2.06. The molecule has 0 fully saturated rings. The van der Waals surface area contributed by atoms with Gasteiger partial charge in [0.2, 0.25) is 0 Å². The summed E-state index contributed by atoms with van der Waals surface area (Å²) in [5.41, 5.74) is 5.40. The first-order valence-electron chi connectivity index (χ1n) is 8.07. The van der Waals surface area contributed by atoms with Gasteiger partial charge in [0, 0.05) is 5.33 Å². The van der Waals surface area contributed by atoms with Gasteiger partial charge in [-0.2, -0.15) is 0 Å². The lowest BCUT2D eigenvalue weighted by atomic mass is 10.0. The predicted molar refractivity (Wildman–Crippen MR) is 97.0 cm³/mol. The van der Waals surface area contributed by atoms with E-state index in [1.54, 1.807) is 0 Å². The lowest BCUT2D eigenvalue weighted by Crippen LogP contribution is -1.87. The van der Waals surface area contributed by atoms with E-state index in [1.807, 2.05) is 0 Å². The zero-order chi connectivity index (χ0) is 14.9. The fourth-order valence-electron chi connectivity index (χ4n) is 2.58. The van der Waals surface area contributed by atoms with Crippen molar-refractivity contribution in [2.24, 2.45) is 0 Å². The monoisotopic (exact) mass is 344 g/mol. The molecule has 0 heterocycles. The number of halogens is 1. The largest absolute Gasteiger partial charge is 0.0876 e. The maximum atomic E-state index is 3.49. The Morgan fingerprint density at radius 2 is 1.19 bits per heavy atom. The van der Waals surface area contributed by atoms with E-state index in [0.717, 1.165) is 5.33 Å². The Bertz CT molecular complexity index is 511. The van der Waals surface area contributed by atoms with Crippen LogP contribution in [0.25, 0.3) is 11.1 Å². The van der Waals surface area contributed by atoms with Crippen molar-refractivity contribution < 1.29 is 0 Å². The molecule has 1 heteroatoms. The van der Waals surface area contributed by atoms with Crippen molar-refractivity contribution in [1.29, 1.82) is 0 Å². The van der Waals surface area contributed by atoms with Gasteiger partial charge in [-0.3, -0.25) is 0 Å². The molecule has 21 heavy (non-hydrogen) atoms. The fraction of sp³-hybridized carbons (Fsp3) is 0.400. The summed E-state index contributed by atoms with van der Waals surface area (Å²) in [6.07, 6.45) is 7.98. The highest BCUT2D eigenvalue weighted by molar-refractivity contribution is 9.08. The molecule has 0 atom stereocenters. The minimum Gasteiger partial charge on any atom is -0.0876 e. The van der Waals surface area contributed by atoms with Gasteiger partial charge < -0.3 is 0 Å². The number of benzene rings is 2. The van der Waals surface area contributed by atoms with Crippen molar-refractivity contribution in [1.82, 2.24) is 0 Å². The average molecular weight is 345 g/mol. The van der Waals surface area contributed by atoms with Crippen LogP contribution in [0.4, 0.5) is 0 Å². The molecule has 0 spiro atoms. The van der Waals surface area contributed by atoms with Crippen LogP contribution in [0.2, 0.25) is 0 Å². The van der Waals surface area contributed by atoms with Crippen molar-refractivity contribution in [3.8, 4) is 11.1 Å². The van der Waals surface area contributed by atoms with E-state index >= 15 is 0 Å². The second-order valence-electron chi connectivity index (χ2n) is 5.69. The molecule has 0 aliphatic carbocycles. The molecule has 0 aliphatic rings. The SMILES string of the molecule is CCCCCCCc1ccc(-c2ccc(CBr)cc2)cc1. The van der Waals surface area contributed by atoms with Crippen LogP contribution in [-0.2, 0) is 11.8 Å². The molecule has 0 saturated heterocycles. The van der Waals surface area contributed by atoms with Crippen molar-refractivity contribution >= 4 is 15.9 Å². The molecule has 0 radical (unpaired) electrons. The van der Waals surface area contributed by atoms with Crippen LogP contribution in [0.5, 0.6) is 0 Å². The Labute approximate surface area is 137 Å². The molecule has 0 N–H and O–H groups in total. The molecule has 0 amide bonds. The minimum absolute atomic E-state index is 0.921. The maximum absolute atomic E-state index is 3.49. The molecule has 0 unspecified atom stereocenters. The fourth-order valence-corrected chi connectivity index (χ4v) is 2.96. The first-order valence-corrected chi connectivity index (χ1v) is 9.20. The van der Waals surface area contributed by atoms with Crippen LogP contribution in [0, 0.1) is 0 Å². The van der Waals surface area contributed by atoms with Crippen LogP contribution in [0.3, 0.4) is 0 Å². The summed E-state index contributed by atoms with van der Waals surface area (Å²) >= 11 is 3.49. The third-order valence-corrected chi connectivity index (χ3v) is 4.61. The van der Waals surface area contributed by atoms with E-state index in [2.05, 4.69) is 71.4 Å². The first-order chi connectivity index (χ1) is 10.3. The number of rotatable bonds is 8. The molecule has 0 aromatic heterocycles. The third-order valence-electron chi connectivity index (χ3n) is 3.96. The second-order valence-corrected chi connectivity index (χ2v) is 6.25. The molecule has 112 valence electrons. The zero-order valence-electron chi connectivity index (χ0n) is 12.9. The average Bonchev–Trinajstić information content (AvgIpc) is 2.55. The summed E-state index contributed by atoms with van der Waals surface area (Å²) in [6.45, 7) is 2.27.